The highest BCUT2D eigenvalue weighted by Gasteiger charge is 2.35. The number of nitrogens with zero attached hydrogens (tertiary/aromatic N) is 6. The van der Waals surface area contributed by atoms with Crippen LogP contribution in [-0.2, 0) is 16.6 Å². The summed E-state index contributed by atoms with van der Waals surface area (Å²) in [6.07, 6.45) is 1.45. The number of carbonyl (C=O) groups is 2. The number of carbonyl (C=O) groups excluding carboxylic acids is 2. The van der Waals surface area contributed by atoms with E-state index in [9.17, 15) is 9.59 Å². The van der Waals surface area contributed by atoms with Crippen LogP contribution < -0.4 is 16.0 Å². The van der Waals surface area contributed by atoms with Crippen molar-refractivity contribution in [3.05, 3.63) is 6.33 Å². The minimum absolute atomic E-state index is 0.142. The van der Waals surface area contributed by atoms with Crippen molar-refractivity contribution in [2.24, 2.45) is 18.7 Å². The standard InChI is InChI=1S/C11H14N8O2/c1-18-9-8(16-17-18)10(15-5-14-9)19-3-6(4-19)11(21)13-2-7(12)20/h5-6H,2-4H2,1H3,(H2,12,20)(H,13,21). The predicted octanol–water partition coefficient (Wildman–Crippen LogP) is -2.20. The lowest BCUT2D eigenvalue weighted by molar-refractivity contribution is -0.128. The maximum atomic E-state index is 11.8. The first kappa shape index (κ1) is 13.2. The normalized spacial score (nSPS) is 15.0. The van der Waals surface area contributed by atoms with Gasteiger partial charge in [0.2, 0.25) is 11.8 Å². The van der Waals surface area contributed by atoms with Gasteiger partial charge in [-0.15, -0.1) is 5.10 Å². The van der Waals surface area contributed by atoms with E-state index >= 15 is 0 Å². The Hall–Kier alpha value is -2.78. The van der Waals surface area contributed by atoms with E-state index < -0.39 is 5.91 Å². The third kappa shape index (κ3) is 2.35. The van der Waals surface area contributed by atoms with Crippen LogP contribution in [-0.4, -0.2) is 56.4 Å². The molecule has 3 heterocycles. The summed E-state index contributed by atoms with van der Waals surface area (Å²) in [7, 11) is 1.75. The van der Waals surface area contributed by atoms with Gasteiger partial charge in [-0.25, -0.2) is 14.6 Å². The molecule has 0 spiro atoms. The summed E-state index contributed by atoms with van der Waals surface area (Å²) < 4.78 is 1.57. The van der Waals surface area contributed by atoms with Crippen molar-refractivity contribution in [2.75, 3.05) is 24.5 Å². The largest absolute Gasteiger partial charge is 0.368 e. The van der Waals surface area contributed by atoms with Crippen molar-refractivity contribution in [3.63, 3.8) is 0 Å². The molecule has 1 aliphatic heterocycles. The Kier molecular flexibility index (Phi) is 3.12. The Balaban J connectivity index is 1.68. The average Bonchev–Trinajstić information content (AvgIpc) is 2.78. The minimum atomic E-state index is -0.559. The average molecular weight is 290 g/mol. The molecule has 2 aromatic heterocycles. The summed E-state index contributed by atoms with van der Waals surface area (Å²) in [6.45, 7) is 0.873. The summed E-state index contributed by atoms with van der Waals surface area (Å²) in [5, 5.41) is 10.4. The maximum Gasteiger partial charge on any atom is 0.236 e. The first-order chi connectivity index (χ1) is 10.1. The van der Waals surface area contributed by atoms with E-state index in [0.29, 0.717) is 30.1 Å². The van der Waals surface area contributed by atoms with E-state index in [0.717, 1.165) is 0 Å². The summed E-state index contributed by atoms with van der Waals surface area (Å²) in [6, 6.07) is 0. The number of nitrogens with one attached hydrogen (secondary N) is 1. The Morgan fingerprint density at radius 2 is 2.19 bits per heavy atom. The van der Waals surface area contributed by atoms with Crippen LogP contribution in [0.5, 0.6) is 0 Å². The molecule has 0 radical (unpaired) electrons. The molecule has 10 heteroatoms. The molecular weight excluding hydrogens is 276 g/mol. The summed E-state index contributed by atoms with van der Waals surface area (Å²) >= 11 is 0. The Morgan fingerprint density at radius 3 is 2.90 bits per heavy atom. The Labute approximate surface area is 119 Å². The van der Waals surface area contributed by atoms with Crippen LogP contribution in [0.3, 0.4) is 0 Å². The molecule has 0 saturated carbocycles. The van der Waals surface area contributed by atoms with Gasteiger partial charge in [0, 0.05) is 20.1 Å². The number of hydrogen-bond donors (Lipinski definition) is 2. The molecule has 3 rings (SSSR count). The van der Waals surface area contributed by atoms with Gasteiger partial charge in [0.15, 0.2) is 17.0 Å². The molecule has 21 heavy (non-hydrogen) atoms. The second-order valence-electron chi connectivity index (χ2n) is 4.87. The maximum absolute atomic E-state index is 11.8. The van der Waals surface area contributed by atoms with E-state index in [4.69, 9.17) is 5.73 Å². The van der Waals surface area contributed by atoms with Crippen molar-refractivity contribution < 1.29 is 9.59 Å². The van der Waals surface area contributed by atoms with Gasteiger partial charge < -0.3 is 16.0 Å². The zero-order chi connectivity index (χ0) is 15.0. The number of fused-ring (bicyclic) bond motifs is 1. The van der Waals surface area contributed by atoms with Crippen molar-refractivity contribution in [3.8, 4) is 0 Å². The van der Waals surface area contributed by atoms with E-state index in [1.54, 1.807) is 11.7 Å². The van der Waals surface area contributed by atoms with Crippen LogP contribution in [0.2, 0.25) is 0 Å². The molecule has 0 aromatic carbocycles. The van der Waals surface area contributed by atoms with Gasteiger partial charge >= 0.3 is 0 Å². The number of aromatic nitrogens is 5. The van der Waals surface area contributed by atoms with E-state index in [1.807, 2.05) is 4.90 Å². The van der Waals surface area contributed by atoms with E-state index in [2.05, 4.69) is 25.6 Å². The van der Waals surface area contributed by atoms with Gasteiger partial charge in [-0.3, -0.25) is 9.59 Å². The molecule has 3 N–H and O–H groups in total. The number of anilines is 1. The molecule has 1 aliphatic rings. The molecule has 2 aromatic rings. The van der Waals surface area contributed by atoms with Crippen molar-refractivity contribution in [1.29, 1.82) is 0 Å². The lowest BCUT2D eigenvalue weighted by atomic mass is 9.99. The Bertz CT molecular complexity index is 705. The third-order valence-corrected chi connectivity index (χ3v) is 3.36. The fourth-order valence-corrected chi connectivity index (χ4v) is 2.21. The van der Waals surface area contributed by atoms with Crippen LogP contribution in [0, 0.1) is 5.92 Å². The minimum Gasteiger partial charge on any atom is -0.368 e. The number of nitrogens with two attached hydrogens (primary N) is 1. The summed E-state index contributed by atoms with van der Waals surface area (Å²) in [5.41, 5.74) is 6.23. The number of amides is 2. The second kappa shape index (κ2) is 4.96. The van der Waals surface area contributed by atoms with Gasteiger partial charge in [0.05, 0.1) is 12.5 Å². The number of primary amides is 1. The zero-order valence-corrected chi connectivity index (χ0v) is 11.4. The van der Waals surface area contributed by atoms with Crippen molar-refractivity contribution >= 4 is 28.8 Å². The van der Waals surface area contributed by atoms with Gasteiger partial charge in [-0.2, -0.15) is 0 Å². The lowest BCUT2D eigenvalue weighted by Gasteiger charge is -2.38. The number of hydrogen-bond acceptors (Lipinski definition) is 7. The molecule has 0 unspecified atom stereocenters. The number of aryl methyl sites for hydroxylation is 1. The van der Waals surface area contributed by atoms with Gasteiger partial charge in [-0.05, 0) is 0 Å². The van der Waals surface area contributed by atoms with Crippen LogP contribution in [0.1, 0.15) is 0 Å². The quantitative estimate of drug-likeness (QED) is 0.652. The topological polar surface area (TPSA) is 132 Å². The summed E-state index contributed by atoms with van der Waals surface area (Å²) in [5.74, 6) is -0.274. The van der Waals surface area contributed by atoms with Crippen molar-refractivity contribution in [2.45, 2.75) is 0 Å². The SMILES string of the molecule is Cn1nnc2c(N3CC(C(=O)NCC(N)=O)C3)ncnc21. The molecule has 1 fully saturated rings. The highest BCUT2D eigenvalue weighted by molar-refractivity contribution is 5.88. The Morgan fingerprint density at radius 1 is 1.43 bits per heavy atom. The van der Waals surface area contributed by atoms with Crippen LogP contribution in [0.15, 0.2) is 6.33 Å². The molecule has 2 amide bonds. The molecule has 0 bridgehead atoms. The van der Waals surface area contributed by atoms with E-state index in [1.165, 1.54) is 6.33 Å². The number of rotatable bonds is 4. The molecular formula is C11H14N8O2. The molecule has 1 saturated heterocycles. The van der Waals surface area contributed by atoms with Gasteiger partial charge in [0.1, 0.15) is 6.33 Å². The van der Waals surface area contributed by atoms with Crippen LogP contribution in [0.4, 0.5) is 5.82 Å². The molecule has 110 valence electrons. The van der Waals surface area contributed by atoms with Crippen molar-refractivity contribution in [1.82, 2.24) is 30.3 Å². The fourth-order valence-electron chi connectivity index (χ4n) is 2.21. The van der Waals surface area contributed by atoms with Crippen LogP contribution >= 0.6 is 0 Å². The first-order valence-electron chi connectivity index (χ1n) is 6.37. The summed E-state index contributed by atoms with van der Waals surface area (Å²) in [4.78, 5) is 32.6. The lowest BCUT2D eigenvalue weighted by Crippen LogP contribution is -2.54. The third-order valence-electron chi connectivity index (χ3n) is 3.36. The fraction of sp³-hybridized carbons (Fsp3) is 0.455. The van der Waals surface area contributed by atoms with Crippen LogP contribution in [0.25, 0.3) is 11.2 Å². The zero-order valence-electron chi connectivity index (χ0n) is 11.4. The highest BCUT2D eigenvalue weighted by Crippen LogP contribution is 2.27. The first-order valence-corrected chi connectivity index (χ1v) is 6.37. The second-order valence-corrected chi connectivity index (χ2v) is 4.87. The predicted molar refractivity (Wildman–Crippen MR) is 72.0 cm³/mol. The smallest absolute Gasteiger partial charge is 0.236 e. The molecule has 0 aliphatic carbocycles. The van der Waals surface area contributed by atoms with E-state index in [-0.39, 0.29) is 18.4 Å². The molecule has 0 atom stereocenters. The van der Waals surface area contributed by atoms with Gasteiger partial charge in [0.25, 0.3) is 0 Å². The molecule has 10 nitrogen and oxygen atoms in total. The van der Waals surface area contributed by atoms with Gasteiger partial charge in [-0.1, -0.05) is 5.21 Å². The highest BCUT2D eigenvalue weighted by atomic mass is 16.2. The monoisotopic (exact) mass is 290 g/mol.